The molecule has 6 heteroatoms. The maximum atomic E-state index is 12.6. The van der Waals surface area contributed by atoms with Gasteiger partial charge in [-0.3, -0.25) is 9.69 Å². The van der Waals surface area contributed by atoms with Crippen LogP contribution in [0.3, 0.4) is 0 Å². The first-order valence-electron chi connectivity index (χ1n) is 10.5. The molecule has 3 N–H and O–H groups in total. The highest BCUT2D eigenvalue weighted by Gasteiger charge is 2.16. The Hall–Kier alpha value is -4.71. The molecule has 33 heavy (non-hydrogen) atoms. The molecule has 5 aromatic rings. The molecule has 0 atom stereocenters. The van der Waals surface area contributed by atoms with Crippen LogP contribution in [-0.2, 0) is 0 Å². The summed E-state index contributed by atoms with van der Waals surface area (Å²) < 4.78 is 0. The lowest BCUT2D eigenvalue weighted by molar-refractivity contribution is 0.102. The molecule has 0 fully saturated rings. The predicted molar refractivity (Wildman–Crippen MR) is 133 cm³/mol. The van der Waals surface area contributed by atoms with Crippen molar-refractivity contribution in [3.05, 3.63) is 115 Å². The third-order valence-electron chi connectivity index (χ3n) is 5.36. The SMILES string of the molecule is Nc1ccc(C(=O)Nc2ccc(N(c3ccncn3)c3cccc4ccccc34)cc2)cc1. The number of fused-ring (bicyclic) bond motifs is 1. The van der Waals surface area contributed by atoms with Crippen LogP contribution in [0.5, 0.6) is 0 Å². The number of nitrogen functional groups attached to an aromatic ring is 1. The molecule has 0 aliphatic heterocycles. The molecule has 1 heterocycles. The molecule has 0 aliphatic rings. The summed E-state index contributed by atoms with van der Waals surface area (Å²) in [5.74, 6) is 0.560. The van der Waals surface area contributed by atoms with E-state index in [9.17, 15) is 4.79 Å². The maximum Gasteiger partial charge on any atom is 0.255 e. The van der Waals surface area contributed by atoms with Crippen molar-refractivity contribution in [2.24, 2.45) is 0 Å². The molecular formula is C27H21N5O. The fourth-order valence-electron chi connectivity index (χ4n) is 3.75. The molecule has 160 valence electrons. The number of hydrogen-bond donors (Lipinski definition) is 2. The summed E-state index contributed by atoms with van der Waals surface area (Å²) in [6.45, 7) is 0. The van der Waals surface area contributed by atoms with Crippen LogP contribution in [0.4, 0.5) is 28.6 Å². The molecule has 0 bridgehead atoms. The zero-order chi connectivity index (χ0) is 22.6. The largest absolute Gasteiger partial charge is 0.399 e. The van der Waals surface area contributed by atoms with E-state index >= 15 is 0 Å². The van der Waals surface area contributed by atoms with Crippen molar-refractivity contribution in [1.82, 2.24) is 9.97 Å². The maximum absolute atomic E-state index is 12.6. The number of benzene rings is 4. The first-order valence-corrected chi connectivity index (χ1v) is 10.5. The molecule has 0 unspecified atom stereocenters. The molecule has 0 saturated carbocycles. The van der Waals surface area contributed by atoms with Gasteiger partial charge in [0.05, 0.1) is 5.69 Å². The van der Waals surface area contributed by atoms with Crippen molar-refractivity contribution in [3.63, 3.8) is 0 Å². The van der Waals surface area contributed by atoms with Gasteiger partial charge >= 0.3 is 0 Å². The normalized spacial score (nSPS) is 10.7. The van der Waals surface area contributed by atoms with E-state index in [2.05, 4.69) is 44.5 Å². The Morgan fingerprint density at radius 2 is 1.58 bits per heavy atom. The summed E-state index contributed by atoms with van der Waals surface area (Å²) in [5.41, 5.74) is 9.49. The van der Waals surface area contributed by atoms with Crippen LogP contribution in [0.1, 0.15) is 10.4 Å². The third kappa shape index (κ3) is 4.22. The fourth-order valence-corrected chi connectivity index (χ4v) is 3.75. The number of rotatable bonds is 5. The van der Waals surface area contributed by atoms with Crippen LogP contribution in [0.2, 0.25) is 0 Å². The van der Waals surface area contributed by atoms with E-state index in [1.165, 1.54) is 6.33 Å². The Kier molecular flexibility index (Phi) is 5.39. The Balaban J connectivity index is 1.50. The second-order valence-electron chi connectivity index (χ2n) is 7.52. The standard InChI is InChI=1S/C27H21N5O/c28-21-10-8-20(9-11-21)27(33)31-22-12-14-23(15-13-22)32(26-16-17-29-18-30-26)25-7-3-5-19-4-1-2-6-24(19)25/h1-18H,28H2,(H,31,33). The number of carbonyl (C=O) groups is 1. The lowest BCUT2D eigenvalue weighted by Gasteiger charge is -2.25. The van der Waals surface area contributed by atoms with Crippen molar-refractivity contribution >= 4 is 45.2 Å². The van der Waals surface area contributed by atoms with Crippen molar-refractivity contribution in [2.45, 2.75) is 0 Å². The van der Waals surface area contributed by atoms with Gasteiger partial charge in [0.25, 0.3) is 5.91 Å². The van der Waals surface area contributed by atoms with E-state index in [-0.39, 0.29) is 5.91 Å². The number of nitrogens with zero attached hydrogens (tertiary/aromatic N) is 3. The fraction of sp³-hybridized carbons (Fsp3) is 0. The van der Waals surface area contributed by atoms with Crippen molar-refractivity contribution in [1.29, 1.82) is 0 Å². The number of aromatic nitrogens is 2. The number of nitrogens with two attached hydrogens (primary N) is 1. The minimum Gasteiger partial charge on any atom is -0.399 e. The molecule has 6 nitrogen and oxygen atoms in total. The Morgan fingerprint density at radius 1 is 0.818 bits per heavy atom. The summed E-state index contributed by atoms with van der Waals surface area (Å²) in [5, 5.41) is 5.18. The van der Waals surface area contributed by atoms with Crippen LogP contribution in [0, 0.1) is 0 Å². The highest BCUT2D eigenvalue weighted by molar-refractivity contribution is 6.04. The lowest BCUT2D eigenvalue weighted by Crippen LogP contribution is -2.13. The predicted octanol–water partition coefficient (Wildman–Crippen LogP) is 5.93. The first kappa shape index (κ1) is 20.2. The van der Waals surface area contributed by atoms with Crippen LogP contribution in [-0.4, -0.2) is 15.9 Å². The second kappa shape index (κ2) is 8.80. The van der Waals surface area contributed by atoms with E-state index < -0.39 is 0 Å². The summed E-state index contributed by atoms with van der Waals surface area (Å²) in [6, 6.07) is 30.8. The number of amides is 1. The first-order chi connectivity index (χ1) is 16.2. The van der Waals surface area contributed by atoms with E-state index in [0.717, 1.165) is 28.0 Å². The van der Waals surface area contributed by atoms with E-state index in [1.54, 1.807) is 30.5 Å². The molecular weight excluding hydrogens is 410 g/mol. The minimum atomic E-state index is -0.190. The van der Waals surface area contributed by atoms with Gasteiger partial charge < -0.3 is 11.1 Å². The van der Waals surface area contributed by atoms with E-state index in [0.29, 0.717) is 16.9 Å². The van der Waals surface area contributed by atoms with Crippen molar-refractivity contribution in [3.8, 4) is 0 Å². The zero-order valence-corrected chi connectivity index (χ0v) is 17.7. The molecule has 1 amide bonds. The van der Waals surface area contributed by atoms with E-state index in [1.807, 2.05) is 48.5 Å². The minimum absolute atomic E-state index is 0.190. The summed E-state index contributed by atoms with van der Waals surface area (Å²) in [7, 11) is 0. The van der Waals surface area contributed by atoms with Gasteiger partial charge in [-0.05, 0) is 66.0 Å². The number of anilines is 5. The number of hydrogen-bond acceptors (Lipinski definition) is 5. The molecule has 4 aromatic carbocycles. The zero-order valence-electron chi connectivity index (χ0n) is 17.7. The van der Waals surface area contributed by atoms with Crippen molar-refractivity contribution in [2.75, 3.05) is 16.0 Å². The van der Waals surface area contributed by atoms with Crippen LogP contribution < -0.4 is 16.0 Å². The Labute approximate surface area is 191 Å². The average Bonchev–Trinajstić information content (AvgIpc) is 2.86. The smallest absolute Gasteiger partial charge is 0.255 e. The summed E-state index contributed by atoms with van der Waals surface area (Å²) in [4.78, 5) is 23.2. The van der Waals surface area contributed by atoms with Crippen LogP contribution in [0.15, 0.2) is 110 Å². The van der Waals surface area contributed by atoms with Crippen LogP contribution >= 0.6 is 0 Å². The van der Waals surface area contributed by atoms with Gasteiger partial charge in [-0.2, -0.15) is 0 Å². The van der Waals surface area contributed by atoms with Gasteiger partial charge in [0.2, 0.25) is 0 Å². The third-order valence-corrected chi connectivity index (χ3v) is 5.36. The summed E-state index contributed by atoms with van der Waals surface area (Å²) >= 11 is 0. The molecule has 5 rings (SSSR count). The monoisotopic (exact) mass is 431 g/mol. The topological polar surface area (TPSA) is 84.1 Å². The number of nitrogens with one attached hydrogen (secondary N) is 1. The van der Waals surface area contributed by atoms with Gasteiger partial charge in [-0.25, -0.2) is 9.97 Å². The molecule has 0 saturated heterocycles. The van der Waals surface area contributed by atoms with Gasteiger partial charge in [-0.15, -0.1) is 0 Å². The lowest BCUT2D eigenvalue weighted by atomic mass is 10.1. The quantitative estimate of drug-likeness (QED) is 0.337. The highest BCUT2D eigenvalue weighted by Crippen LogP contribution is 2.37. The van der Waals surface area contributed by atoms with Crippen molar-refractivity contribution < 1.29 is 4.79 Å². The second-order valence-corrected chi connectivity index (χ2v) is 7.52. The van der Waals surface area contributed by atoms with Gasteiger partial charge in [0, 0.05) is 34.2 Å². The highest BCUT2D eigenvalue weighted by atomic mass is 16.1. The summed E-state index contributed by atoms with van der Waals surface area (Å²) in [6.07, 6.45) is 3.26. The molecule has 1 aromatic heterocycles. The molecule has 0 spiro atoms. The molecule has 0 aliphatic carbocycles. The van der Waals surface area contributed by atoms with Gasteiger partial charge in [0.1, 0.15) is 12.1 Å². The van der Waals surface area contributed by atoms with Crippen LogP contribution in [0.25, 0.3) is 10.8 Å². The van der Waals surface area contributed by atoms with Gasteiger partial charge in [-0.1, -0.05) is 36.4 Å². The molecule has 0 radical (unpaired) electrons. The van der Waals surface area contributed by atoms with Gasteiger partial charge in [0.15, 0.2) is 0 Å². The average molecular weight is 431 g/mol. The van der Waals surface area contributed by atoms with E-state index in [4.69, 9.17) is 5.73 Å². The Morgan fingerprint density at radius 3 is 2.33 bits per heavy atom. The Bertz CT molecular complexity index is 1400. The number of carbonyl (C=O) groups excluding carboxylic acids is 1.